The van der Waals surface area contributed by atoms with Crippen LogP contribution >= 0.6 is 0 Å². The van der Waals surface area contributed by atoms with Gasteiger partial charge >= 0.3 is 0 Å². The van der Waals surface area contributed by atoms with E-state index in [0.29, 0.717) is 47.3 Å². The van der Waals surface area contributed by atoms with E-state index in [0.717, 1.165) is 0 Å². The number of ether oxygens (including phenoxy) is 1. The number of benzene rings is 2. The topological polar surface area (TPSA) is 103 Å². The van der Waals surface area contributed by atoms with Gasteiger partial charge < -0.3 is 10.1 Å². The van der Waals surface area contributed by atoms with Crippen molar-refractivity contribution in [2.75, 3.05) is 11.9 Å². The number of hydrogen-bond acceptors (Lipinski definition) is 6. The number of fused-ring (bicyclic) bond motifs is 1. The molecule has 34 heavy (non-hydrogen) atoms. The molecule has 0 fully saturated rings. The lowest BCUT2D eigenvalue weighted by Gasteiger charge is -2.13. The number of imidazole rings is 1. The van der Waals surface area contributed by atoms with Crippen molar-refractivity contribution in [3.05, 3.63) is 78.4 Å². The summed E-state index contributed by atoms with van der Waals surface area (Å²) in [5, 5.41) is 2.81. The van der Waals surface area contributed by atoms with Crippen LogP contribution in [0.15, 0.2) is 77.0 Å². The number of aryl methyl sites for hydroxylation is 1. The van der Waals surface area contributed by atoms with Gasteiger partial charge in [0.05, 0.1) is 22.0 Å². The van der Waals surface area contributed by atoms with Crippen molar-refractivity contribution >= 4 is 27.2 Å². The van der Waals surface area contributed by atoms with E-state index in [1.165, 1.54) is 12.3 Å². The number of nitrogens with zero attached hydrogens (tertiary/aromatic N) is 3. The molecular weight excluding hydrogens is 452 g/mol. The number of aromatic nitrogens is 3. The van der Waals surface area contributed by atoms with Crippen molar-refractivity contribution in [2.45, 2.75) is 37.0 Å². The van der Waals surface area contributed by atoms with Gasteiger partial charge in [0.1, 0.15) is 5.75 Å². The van der Waals surface area contributed by atoms with E-state index in [1.807, 2.05) is 20.8 Å². The summed E-state index contributed by atoms with van der Waals surface area (Å²) in [7, 11) is -3.73. The first-order valence-corrected chi connectivity index (χ1v) is 12.5. The second-order valence-electron chi connectivity index (χ2n) is 8.29. The zero-order valence-electron chi connectivity index (χ0n) is 19.2. The molecule has 0 unspecified atom stereocenters. The third-order valence-corrected chi connectivity index (χ3v) is 7.08. The van der Waals surface area contributed by atoms with Crippen LogP contribution in [0.4, 0.5) is 5.69 Å². The first kappa shape index (κ1) is 23.4. The molecule has 0 aliphatic rings. The molecule has 8 nitrogen and oxygen atoms in total. The van der Waals surface area contributed by atoms with Crippen LogP contribution in [-0.4, -0.2) is 35.3 Å². The summed E-state index contributed by atoms with van der Waals surface area (Å²) in [6, 6.07) is 11.3. The number of rotatable bonds is 8. The molecule has 0 aliphatic carbocycles. The van der Waals surface area contributed by atoms with Gasteiger partial charge in [0.2, 0.25) is 15.6 Å². The molecule has 2 aromatic heterocycles. The summed E-state index contributed by atoms with van der Waals surface area (Å²) >= 11 is 0. The molecule has 2 aromatic carbocycles. The van der Waals surface area contributed by atoms with Crippen LogP contribution in [0.5, 0.6) is 5.75 Å². The van der Waals surface area contributed by atoms with Gasteiger partial charge in [-0.1, -0.05) is 20.8 Å². The van der Waals surface area contributed by atoms with Crippen molar-refractivity contribution in [1.82, 2.24) is 14.4 Å². The summed E-state index contributed by atoms with van der Waals surface area (Å²) in [5.74, 6) is 1.15. The van der Waals surface area contributed by atoms with Crippen LogP contribution in [0.25, 0.3) is 5.78 Å². The first-order valence-electron chi connectivity index (χ1n) is 11.0. The van der Waals surface area contributed by atoms with Crippen molar-refractivity contribution in [3.63, 3.8) is 0 Å². The fraction of sp³-hybridized carbons (Fsp3) is 0.240. The SMILES string of the molecule is CCc1cc(NC(=O)c2cnc3nccn3c2)ccc1S(=O)(=O)c1ccc(OCC(C)C)cc1. The van der Waals surface area contributed by atoms with E-state index >= 15 is 0 Å². The van der Waals surface area contributed by atoms with Gasteiger partial charge in [0.15, 0.2) is 0 Å². The third-order valence-electron chi connectivity index (χ3n) is 5.21. The normalized spacial score (nSPS) is 11.6. The van der Waals surface area contributed by atoms with Crippen LogP contribution in [0.3, 0.4) is 0 Å². The molecule has 2 heterocycles. The minimum Gasteiger partial charge on any atom is -0.493 e. The zero-order chi connectivity index (χ0) is 24.3. The molecule has 0 saturated carbocycles. The third kappa shape index (κ3) is 4.94. The Balaban J connectivity index is 1.55. The molecule has 0 atom stereocenters. The van der Waals surface area contributed by atoms with Crippen LogP contribution in [0, 0.1) is 5.92 Å². The number of carbonyl (C=O) groups excluding carboxylic acids is 1. The summed E-state index contributed by atoms with van der Waals surface area (Å²) in [5.41, 5.74) is 1.48. The highest BCUT2D eigenvalue weighted by Gasteiger charge is 2.21. The Morgan fingerprint density at radius 3 is 2.59 bits per heavy atom. The minimum absolute atomic E-state index is 0.190. The van der Waals surface area contributed by atoms with Crippen molar-refractivity contribution in [2.24, 2.45) is 5.92 Å². The second-order valence-corrected chi connectivity index (χ2v) is 10.2. The summed E-state index contributed by atoms with van der Waals surface area (Å²) < 4.78 is 33.9. The second kappa shape index (κ2) is 9.64. The average molecular weight is 479 g/mol. The van der Waals surface area contributed by atoms with Crippen molar-refractivity contribution in [1.29, 1.82) is 0 Å². The lowest BCUT2D eigenvalue weighted by molar-refractivity contribution is 0.102. The standard InChI is InChI=1S/C25H26N4O4S/c1-4-18-13-20(28-24(30)19-14-27-25-26-11-12-29(25)15-19)5-10-23(18)34(31,32)22-8-6-21(7-9-22)33-16-17(2)3/h5-15,17H,4,16H2,1-3H3,(H,28,30). The largest absolute Gasteiger partial charge is 0.493 e. The molecule has 0 radical (unpaired) electrons. The van der Waals surface area contributed by atoms with Gasteiger partial charge in [-0.25, -0.2) is 18.4 Å². The maximum atomic E-state index is 13.3. The summed E-state index contributed by atoms with van der Waals surface area (Å²) in [6.07, 6.45) is 6.88. The van der Waals surface area contributed by atoms with E-state index < -0.39 is 9.84 Å². The van der Waals surface area contributed by atoms with Crippen LogP contribution in [-0.2, 0) is 16.3 Å². The van der Waals surface area contributed by atoms with Gasteiger partial charge in [-0.2, -0.15) is 0 Å². The van der Waals surface area contributed by atoms with E-state index in [-0.39, 0.29) is 15.7 Å². The Labute approximate surface area is 198 Å². The molecule has 4 aromatic rings. The Kier molecular flexibility index (Phi) is 6.65. The van der Waals surface area contributed by atoms with Crippen LogP contribution in [0.2, 0.25) is 0 Å². The fourth-order valence-electron chi connectivity index (χ4n) is 3.44. The lowest BCUT2D eigenvalue weighted by Crippen LogP contribution is -2.14. The van der Waals surface area contributed by atoms with Crippen molar-refractivity contribution in [3.8, 4) is 5.75 Å². The first-order chi connectivity index (χ1) is 16.3. The molecule has 176 valence electrons. The smallest absolute Gasteiger partial charge is 0.258 e. The van der Waals surface area contributed by atoms with Crippen LogP contribution < -0.4 is 10.1 Å². The Morgan fingerprint density at radius 2 is 1.88 bits per heavy atom. The molecular formula is C25H26N4O4S. The molecule has 0 saturated heterocycles. The number of sulfone groups is 1. The predicted octanol–water partition coefficient (Wildman–Crippen LogP) is 4.41. The van der Waals surface area contributed by atoms with Gasteiger partial charge in [-0.05, 0) is 60.4 Å². The highest BCUT2D eigenvalue weighted by molar-refractivity contribution is 7.91. The van der Waals surface area contributed by atoms with Gasteiger partial charge in [0, 0.05) is 30.5 Å². The van der Waals surface area contributed by atoms with E-state index in [4.69, 9.17) is 4.74 Å². The monoisotopic (exact) mass is 478 g/mol. The molecule has 1 amide bonds. The van der Waals surface area contributed by atoms with Crippen LogP contribution in [0.1, 0.15) is 36.7 Å². The quantitative estimate of drug-likeness (QED) is 0.402. The highest BCUT2D eigenvalue weighted by Crippen LogP contribution is 2.28. The lowest BCUT2D eigenvalue weighted by atomic mass is 10.1. The van der Waals surface area contributed by atoms with Gasteiger partial charge in [-0.15, -0.1) is 0 Å². The van der Waals surface area contributed by atoms with E-state index in [1.54, 1.807) is 59.4 Å². The Hall–Kier alpha value is -3.72. The minimum atomic E-state index is -3.73. The number of hydrogen-bond donors (Lipinski definition) is 1. The molecule has 4 rings (SSSR count). The zero-order valence-corrected chi connectivity index (χ0v) is 20.0. The van der Waals surface area contributed by atoms with Gasteiger partial charge in [-0.3, -0.25) is 9.20 Å². The molecule has 9 heteroatoms. The molecule has 0 spiro atoms. The molecule has 0 bridgehead atoms. The maximum absolute atomic E-state index is 13.3. The summed E-state index contributed by atoms with van der Waals surface area (Å²) in [6.45, 7) is 6.53. The molecule has 0 aliphatic heterocycles. The van der Waals surface area contributed by atoms with Crippen molar-refractivity contribution < 1.29 is 17.9 Å². The van der Waals surface area contributed by atoms with Gasteiger partial charge in [0.25, 0.3) is 5.91 Å². The van der Waals surface area contributed by atoms with E-state index in [2.05, 4.69) is 15.3 Å². The Bertz CT molecular complexity index is 1430. The maximum Gasteiger partial charge on any atom is 0.258 e. The summed E-state index contributed by atoms with van der Waals surface area (Å²) in [4.78, 5) is 21.3. The fourth-order valence-corrected chi connectivity index (χ4v) is 4.98. The number of nitrogens with one attached hydrogen (secondary N) is 1. The Morgan fingerprint density at radius 1 is 1.12 bits per heavy atom. The highest BCUT2D eigenvalue weighted by atomic mass is 32.2. The average Bonchev–Trinajstić information content (AvgIpc) is 3.30. The molecule has 1 N–H and O–H groups in total. The van der Waals surface area contributed by atoms with E-state index in [9.17, 15) is 13.2 Å². The number of anilines is 1. The number of carbonyl (C=O) groups is 1. The predicted molar refractivity (Wildman–Crippen MR) is 129 cm³/mol. The number of amides is 1.